The highest BCUT2D eigenvalue weighted by molar-refractivity contribution is 5.01. The highest BCUT2D eigenvalue weighted by Gasteiger charge is 2.51. The summed E-state index contributed by atoms with van der Waals surface area (Å²) in [6.45, 7) is 0.284. The van der Waals surface area contributed by atoms with Crippen molar-refractivity contribution in [2.75, 3.05) is 6.61 Å². The fourth-order valence-electron chi connectivity index (χ4n) is 2.34. The van der Waals surface area contributed by atoms with Crippen LogP contribution in [0.5, 0.6) is 0 Å². The summed E-state index contributed by atoms with van der Waals surface area (Å²) >= 11 is 0. The molecule has 0 aromatic rings. The molecule has 0 heterocycles. The van der Waals surface area contributed by atoms with Gasteiger partial charge in [-0.2, -0.15) is 0 Å². The van der Waals surface area contributed by atoms with Crippen LogP contribution in [0.1, 0.15) is 12.8 Å². The minimum Gasteiger partial charge on any atom is -0.396 e. The van der Waals surface area contributed by atoms with Gasteiger partial charge in [0, 0.05) is 6.61 Å². The van der Waals surface area contributed by atoms with Crippen LogP contribution in [0.3, 0.4) is 0 Å². The summed E-state index contributed by atoms with van der Waals surface area (Å²) in [7, 11) is 0. The lowest BCUT2D eigenvalue weighted by atomic mass is 9.72. The van der Waals surface area contributed by atoms with Gasteiger partial charge in [-0.15, -0.1) is 0 Å². The van der Waals surface area contributed by atoms with E-state index in [1.165, 1.54) is 0 Å². The molecule has 3 aliphatic carbocycles. The molecule has 0 saturated heterocycles. The van der Waals surface area contributed by atoms with E-state index in [0.29, 0.717) is 17.8 Å². The molecule has 3 fully saturated rings. The van der Waals surface area contributed by atoms with Crippen molar-refractivity contribution < 1.29 is 10.2 Å². The summed E-state index contributed by atoms with van der Waals surface area (Å²) in [5.41, 5.74) is 0. The first kappa shape index (κ1) is 5.69. The highest BCUT2D eigenvalue weighted by Crippen LogP contribution is 2.53. The van der Waals surface area contributed by atoms with Crippen molar-refractivity contribution in [1.29, 1.82) is 0 Å². The molecule has 0 amide bonds. The molecular formula is C7H12O2. The summed E-state index contributed by atoms with van der Waals surface area (Å²) < 4.78 is 0. The Hall–Kier alpha value is -0.0800. The van der Waals surface area contributed by atoms with Crippen LogP contribution < -0.4 is 0 Å². The van der Waals surface area contributed by atoms with Gasteiger partial charge in [0.1, 0.15) is 0 Å². The molecule has 2 nitrogen and oxygen atoms in total. The zero-order chi connectivity index (χ0) is 6.43. The first-order chi connectivity index (χ1) is 4.33. The van der Waals surface area contributed by atoms with Crippen LogP contribution in [0, 0.1) is 17.8 Å². The van der Waals surface area contributed by atoms with Crippen LogP contribution in [0.15, 0.2) is 0 Å². The lowest BCUT2D eigenvalue weighted by molar-refractivity contribution is 0.0379. The summed E-state index contributed by atoms with van der Waals surface area (Å²) in [6.07, 6.45) is 2.01. The van der Waals surface area contributed by atoms with Gasteiger partial charge in [0.15, 0.2) is 0 Å². The Morgan fingerprint density at radius 1 is 1.33 bits per heavy atom. The van der Waals surface area contributed by atoms with E-state index in [1.54, 1.807) is 0 Å². The Bertz CT molecular complexity index is 124. The summed E-state index contributed by atoms with van der Waals surface area (Å²) in [6, 6.07) is 0. The Morgan fingerprint density at radius 3 is 2.33 bits per heavy atom. The fourth-order valence-corrected chi connectivity index (χ4v) is 2.34. The van der Waals surface area contributed by atoms with Crippen molar-refractivity contribution >= 4 is 0 Å². The average molecular weight is 128 g/mol. The number of hydrogen-bond acceptors (Lipinski definition) is 2. The maximum Gasteiger partial charge on any atom is 0.0574 e. The molecule has 3 aliphatic rings. The third-order valence-corrected chi connectivity index (χ3v) is 2.98. The highest BCUT2D eigenvalue weighted by atomic mass is 16.3. The topological polar surface area (TPSA) is 40.5 Å². The van der Waals surface area contributed by atoms with Gasteiger partial charge in [0.25, 0.3) is 0 Å². The maximum atomic E-state index is 9.23. The van der Waals surface area contributed by atoms with E-state index >= 15 is 0 Å². The predicted octanol–water partition coefficient (Wildman–Crippen LogP) is -0.00440. The van der Waals surface area contributed by atoms with Gasteiger partial charge < -0.3 is 10.2 Å². The lowest BCUT2D eigenvalue weighted by Gasteiger charge is -2.34. The molecule has 2 N–H and O–H groups in total. The molecule has 0 spiro atoms. The van der Waals surface area contributed by atoms with Crippen molar-refractivity contribution in [3.05, 3.63) is 0 Å². The largest absolute Gasteiger partial charge is 0.396 e. The van der Waals surface area contributed by atoms with Crippen molar-refractivity contribution in [1.82, 2.24) is 0 Å². The van der Waals surface area contributed by atoms with Crippen molar-refractivity contribution in [2.24, 2.45) is 17.8 Å². The predicted molar refractivity (Wildman–Crippen MR) is 32.8 cm³/mol. The zero-order valence-electron chi connectivity index (χ0n) is 5.33. The van der Waals surface area contributed by atoms with Crippen LogP contribution in [-0.2, 0) is 0 Å². The van der Waals surface area contributed by atoms with Gasteiger partial charge in [-0.05, 0) is 30.6 Å². The minimum absolute atomic E-state index is 0.0906. The van der Waals surface area contributed by atoms with Crippen LogP contribution in [0.25, 0.3) is 0 Å². The van der Waals surface area contributed by atoms with Crippen LogP contribution in [-0.4, -0.2) is 22.9 Å². The average Bonchev–Trinajstić information content (AvgIpc) is 2.22. The first-order valence-electron chi connectivity index (χ1n) is 3.62. The summed E-state index contributed by atoms with van der Waals surface area (Å²) in [5, 5.41) is 18.0. The van der Waals surface area contributed by atoms with Gasteiger partial charge in [-0.1, -0.05) is 0 Å². The van der Waals surface area contributed by atoms with Gasteiger partial charge in [-0.3, -0.25) is 0 Å². The van der Waals surface area contributed by atoms with E-state index in [-0.39, 0.29) is 12.7 Å². The van der Waals surface area contributed by atoms with Crippen LogP contribution >= 0.6 is 0 Å². The minimum atomic E-state index is -0.0906. The third-order valence-electron chi connectivity index (χ3n) is 2.98. The Balaban J connectivity index is 2.04. The lowest BCUT2D eigenvalue weighted by Crippen LogP contribution is -2.33. The van der Waals surface area contributed by atoms with Crippen LogP contribution in [0.4, 0.5) is 0 Å². The second-order valence-corrected chi connectivity index (χ2v) is 3.31. The second kappa shape index (κ2) is 1.70. The van der Waals surface area contributed by atoms with E-state index < -0.39 is 0 Å². The van der Waals surface area contributed by atoms with E-state index in [0.717, 1.165) is 12.8 Å². The summed E-state index contributed by atoms with van der Waals surface area (Å²) in [4.78, 5) is 0. The van der Waals surface area contributed by atoms with Crippen molar-refractivity contribution in [3.8, 4) is 0 Å². The van der Waals surface area contributed by atoms with Gasteiger partial charge in [0.2, 0.25) is 0 Å². The Morgan fingerprint density at radius 2 is 2.11 bits per heavy atom. The first-order valence-corrected chi connectivity index (χ1v) is 3.62. The zero-order valence-corrected chi connectivity index (χ0v) is 5.33. The quantitative estimate of drug-likeness (QED) is 0.521. The number of rotatable bonds is 1. The normalized spacial score (nSPS) is 55.3. The molecule has 0 aromatic carbocycles. The second-order valence-electron chi connectivity index (χ2n) is 3.31. The summed E-state index contributed by atoms with van der Waals surface area (Å²) in [5.74, 6) is 1.54. The van der Waals surface area contributed by atoms with Gasteiger partial charge in [-0.25, -0.2) is 0 Å². The molecule has 4 atom stereocenters. The SMILES string of the molecule is OC[C@@H]1[C@@H]2C[C@H]1[C@@H](O)C2. The smallest absolute Gasteiger partial charge is 0.0574 e. The van der Waals surface area contributed by atoms with E-state index in [9.17, 15) is 5.11 Å². The van der Waals surface area contributed by atoms with Crippen molar-refractivity contribution in [2.45, 2.75) is 18.9 Å². The Kier molecular flexibility index (Phi) is 1.08. The van der Waals surface area contributed by atoms with Crippen LogP contribution in [0.2, 0.25) is 0 Å². The molecule has 0 aliphatic heterocycles. The molecule has 0 radical (unpaired) electrons. The number of aliphatic hydroxyl groups excluding tert-OH is 2. The molecule has 3 saturated carbocycles. The number of fused-ring (bicyclic) bond motifs is 1. The van der Waals surface area contributed by atoms with Crippen molar-refractivity contribution in [3.63, 3.8) is 0 Å². The third kappa shape index (κ3) is 0.578. The molecule has 3 rings (SSSR count). The number of hydrogen-bond donors (Lipinski definition) is 2. The maximum absolute atomic E-state index is 9.23. The Labute approximate surface area is 54.5 Å². The fraction of sp³-hybridized carbons (Fsp3) is 1.00. The molecule has 2 bridgehead atoms. The van der Waals surface area contributed by atoms with Gasteiger partial charge >= 0.3 is 0 Å². The van der Waals surface area contributed by atoms with E-state index in [4.69, 9.17) is 5.11 Å². The van der Waals surface area contributed by atoms with E-state index in [2.05, 4.69) is 0 Å². The monoisotopic (exact) mass is 128 g/mol. The molecule has 0 unspecified atom stereocenters. The molecule has 9 heavy (non-hydrogen) atoms. The standard InChI is InChI=1S/C7H12O2/c8-3-6-4-1-5(6)7(9)2-4/h4-9H,1-3H2/t4-,5-,6-,7+/m1/s1. The number of aliphatic hydroxyl groups is 2. The van der Waals surface area contributed by atoms with Gasteiger partial charge in [0.05, 0.1) is 6.10 Å². The molecule has 52 valence electrons. The van der Waals surface area contributed by atoms with E-state index in [1.807, 2.05) is 0 Å². The molecule has 0 aromatic heterocycles. The molecule has 2 heteroatoms. The molecular weight excluding hydrogens is 116 g/mol.